The molecule has 1 unspecified atom stereocenters. The number of hydrogen-bond acceptors (Lipinski definition) is 4. The molecule has 1 atom stereocenters. The third kappa shape index (κ3) is 2.79. The van der Waals surface area contributed by atoms with E-state index in [-0.39, 0.29) is 17.8 Å². The maximum Gasteiger partial charge on any atom is 0.250 e. The Balaban J connectivity index is 1.67. The predicted octanol–water partition coefficient (Wildman–Crippen LogP) is 3.02. The number of aromatic nitrogens is 3. The van der Waals surface area contributed by atoms with Gasteiger partial charge in [0.2, 0.25) is 0 Å². The first kappa shape index (κ1) is 16.5. The number of carbonyl (C=O) groups excluding carboxylic acids is 1. The van der Waals surface area contributed by atoms with Gasteiger partial charge in [-0.1, -0.05) is 12.1 Å². The van der Waals surface area contributed by atoms with Gasteiger partial charge >= 0.3 is 0 Å². The van der Waals surface area contributed by atoms with Gasteiger partial charge in [-0.2, -0.15) is 5.10 Å². The molecule has 6 nitrogen and oxygen atoms in total. The number of pyridine rings is 1. The Hall–Kier alpha value is -2.96. The van der Waals surface area contributed by atoms with Crippen molar-refractivity contribution in [3.05, 3.63) is 48.0 Å². The van der Waals surface area contributed by atoms with Crippen molar-refractivity contribution in [1.82, 2.24) is 14.8 Å². The lowest BCUT2D eigenvalue weighted by molar-refractivity contribution is -0.120. The first-order chi connectivity index (χ1) is 12.5. The number of fused-ring (bicyclic) bond motifs is 1. The lowest BCUT2D eigenvalue weighted by atomic mass is 10.0. The number of nitrogens with zero attached hydrogens (tertiary/aromatic N) is 4. The molecule has 1 saturated heterocycles. The normalized spacial score (nSPS) is 17.7. The summed E-state index contributed by atoms with van der Waals surface area (Å²) in [6.45, 7) is 2.49. The van der Waals surface area contributed by atoms with Crippen LogP contribution in [0.4, 0.5) is 15.9 Å². The number of nitrogens with one attached hydrogen (secondary N) is 1. The molecule has 134 valence electrons. The van der Waals surface area contributed by atoms with Gasteiger partial charge in [0, 0.05) is 36.4 Å². The van der Waals surface area contributed by atoms with Gasteiger partial charge in [-0.25, -0.2) is 9.37 Å². The fourth-order valence-electron chi connectivity index (χ4n) is 3.52. The number of amides is 1. The molecule has 0 saturated carbocycles. The van der Waals surface area contributed by atoms with E-state index in [0.717, 1.165) is 24.3 Å². The predicted molar refractivity (Wildman–Crippen MR) is 98.6 cm³/mol. The number of piperidine rings is 1. The SMILES string of the molecule is Cc1cc(NC2CCCN(c3ccnn3C)C2=O)c2cccc(F)c2n1. The minimum atomic E-state index is -0.369. The van der Waals surface area contributed by atoms with Crippen LogP contribution >= 0.6 is 0 Å². The van der Waals surface area contributed by atoms with Crippen molar-refractivity contribution in [2.45, 2.75) is 25.8 Å². The van der Waals surface area contributed by atoms with Crippen molar-refractivity contribution in [2.75, 3.05) is 16.8 Å². The summed E-state index contributed by atoms with van der Waals surface area (Å²) in [5, 5.41) is 8.16. The molecule has 1 amide bonds. The Morgan fingerprint density at radius 2 is 2.15 bits per heavy atom. The third-order valence-corrected chi connectivity index (χ3v) is 4.76. The molecule has 2 aromatic heterocycles. The molecule has 3 aromatic rings. The van der Waals surface area contributed by atoms with Crippen molar-refractivity contribution in [3.8, 4) is 0 Å². The summed E-state index contributed by atoms with van der Waals surface area (Å²) in [6, 6.07) is 8.20. The first-order valence-corrected chi connectivity index (χ1v) is 8.66. The quantitative estimate of drug-likeness (QED) is 0.786. The smallest absolute Gasteiger partial charge is 0.250 e. The standard InChI is InChI=1S/C19H20FN5O/c1-12-11-16(13-5-3-6-14(20)18(13)22-12)23-15-7-4-10-25(19(15)26)17-8-9-21-24(17)2/h3,5-6,8-9,11,15H,4,7,10H2,1-2H3,(H,22,23). The van der Waals surface area contributed by atoms with E-state index in [1.165, 1.54) is 6.07 Å². The molecular weight excluding hydrogens is 333 g/mol. The van der Waals surface area contributed by atoms with Crippen LogP contribution in [-0.4, -0.2) is 33.3 Å². The Kier molecular flexibility index (Phi) is 4.06. The largest absolute Gasteiger partial charge is 0.373 e. The van der Waals surface area contributed by atoms with Crippen LogP contribution < -0.4 is 10.2 Å². The van der Waals surface area contributed by atoms with E-state index in [4.69, 9.17) is 0 Å². The minimum Gasteiger partial charge on any atom is -0.373 e. The zero-order valence-electron chi connectivity index (χ0n) is 14.7. The Bertz CT molecular complexity index is 983. The van der Waals surface area contributed by atoms with Gasteiger partial charge in [0.05, 0.1) is 6.20 Å². The van der Waals surface area contributed by atoms with Crippen LogP contribution in [0.2, 0.25) is 0 Å². The van der Waals surface area contributed by atoms with Gasteiger partial charge in [-0.3, -0.25) is 14.4 Å². The number of rotatable bonds is 3. The number of carbonyl (C=O) groups is 1. The van der Waals surface area contributed by atoms with E-state index in [1.807, 2.05) is 32.2 Å². The maximum absolute atomic E-state index is 14.1. The van der Waals surface area contributed by atoms with E-state index < -0.39 is 0 Å². The average molecular weight is 353 g/mol. The monoisotopic (exact) mass is 353 g/mol. The van der Waals surface area contributed by atoms with E-state index in [1.54, 1.807) is 21.8 Å². The van der Waals surface area contributed by atoms with Crippen molar-refractivity contribution in [3.63, 3.8) is 0 Å². The molecule has 1 aliphatic heterocycles. The highest BCUT2D eigenvalue weighted by Gasteiger charge is 2.31. The van der Waals surface area contributed by atoms with Crippen LogP contribution in [0.1, 0.15) is 18.5 Å². The van der Waals surface area contributed by atoms with E-state index in [2.05, 4.69) is 15.4 Å². The van der Waals surface area contributed by atoms with Crippen LogP contribution in [0, 0.1) is 12.7 Å². The summed E-state index contributed by atoms with van der Waals surface area (Å²) in [4.78, 5) is 19.0. The zero-order chi connectivity index (χ0) is 18.3. The summed E-state index contributed by atoms with van der Waals surface area (Å²) < 4.78 is 15.8. The summed E-state index contributed by atoms with van der Waals surface area (Å²) in [6.07, 6.45) is 3.29. The molecule has 26 heavy (non-hydrogen) atoms. The third-order valence-electron chi connectivity index (χ3n) is 4.76. The molecule has 1 aromatic carbocycles. The van der Waals surface area contributed by atoms with Crippen LogP contribution in [0.3, 0.4) is 0 Å². The second-order valence-electron chi connectivity index (χ2n) is 6.59. The van der Waals surface area contributed by atoms with Crippen molar-refractivity contribution < 1.29 is 9.18 Å². The summed E-state index contributed by atoms with van der Waals surface area (Å²) in [7, 11) is 1.82. The van der Waals surface area contributed by atoms with Gasteiger partial charge in [-0.05, 0) is 31.9 Å². The fraction of sp³-hybridized carbons (Fsp3) is 0.316. The van der Waals surface area contributed by atoms with Crippen molar-refractivity contribution in [2.24, 2.45) is 7.05 Å². The Morgan fingerprint density at radius 3 is 2.92 bits per heavy atom. The van der Waals surface area contributed by atoms with Crippen LogP contribution in [0.15, 0.2) is 36.5 Å². The van der Waals surface area contributed by atoms with Crippen molar-refractivity contribution in [1.29, 1.82) is 0 Å². The van der Waals surface area contributed by atoms with Gasteiger partial charge in [-0.15, -0.1) is 0 Å². The summed E-state index contributed by atoms with van der Waals surface area (Å²) in [5.41, 5.74) is 1.76. The number of benzene rings is 1. The molecule has 1 N–H and O–H groups in total. The number of anilines is 2. The highest BCUT2D eigenvalue weighted by molar-refractivity contribution is 6.01. The molecular formula is C19H20FN5O. The number of halogens is 1. The molecule has 0 spiro atoms. The second kappa shape index (κ2) is 6.40. The molecule has 1 aliphatic rings. The van der Waals surface area contributed by atoms with Gasteiger partial charge in [0.25, 0.3) is 5.91 Å². The lowest BCUT2D eigenvalue weighted by Gasteiger charge is -2.33. The van der Waals surface area contributed by atoms with E-state index in [9.17, 15) is 9.18 Å². The van der Waals surface area contributed by atoms with Gasteiger partial charge < -0.3 is 5.32 Å². The average Bonchev–Trinajstić information content (AvgIpc) is 3.03. The lowest BCUT2D eigenvalue weighted by Crippen LogP contribution is -2.48. The summed E-state index contributed by atoms with van der Waals surface area (Å²) >= 11 is 0. The number of para-hydroxylation sites is 1. The number of hydrogen-bond donors (Lipinski definition) is 1. The Labute approximate surface area is 150 Å². The first-order valence-electron chi connectivity index (χ1n) is 8.66. The summed E-state index contributed by atoms with van der Waals surface area (Å²) in [5.74, 6) is 0.419. The molecule has 3 heterocycles. The molecule has 1 fully saturated rings. The van der Waals surface area contributed by atoms with Crippen LogP contribution in [0.5, 0.6) is 0 Å². The topological polar surface area (TPSA) is 63.1 Å². The molecule has 4 rings (SSSR count). The molecule has 0 radical (unpaired) electrons. The van der Waals surface area contributed by atoms with Crippen LogP contribution in [-0.2, 0) is 11.8 Å². The second-order valence-corrected chi connectivity index (χ2v) is 6.59. The van der Waals surface area contributed by atoms with Gasteiger partial charge in [0.1, 0.15) is 23.2 Å². The molecule has 7 heteroatoms. The minimum absolute atomic E-state index is 0.00105. The highest BCUT2D eigenvalue weighted by atomic mass is 19.1. The maximum atomic E-state index is 14.1. The highest BCUT2D eigenvalue weighted by Crippen LogP contribution is 2.28. The van der Waals surface area contributed by atoms with Gasteiger partial charge in [0.15, 0.2) is 0 Å². The van der Waals surface area contributed by atoms with E-state index in [0.29, 0.717) is 23.1 Å². The molecule has 0 bridgehead atoms. The van der Waals surface area contributed by atoms with E-state index >= 15 is 0 Å². The molecule has 0 aliphatic carbocycles. The van der Waals surface area contributed by atoms with Crippen LogP contribution in [0.25, 0.3) is 10.9 Å². The number of aryl methyl sites for hydroxylation is 2. The zero-order valence-corrected chi connectivity index (χ0v) is 14.7. The fourth-order valence-corrected chi connectivity index (χ4v) is 3.52. The Morgan fingerprint density at radius 1 is 1.31 bits per heavy atom. The van der Waals surface area contributed by atoms with Crippen molar-refractivity contribution >= 4 is 28.3 Å².